The van der Waals surface area contributed by atoms with E-state index in [1.165, 1.54) is 0 Å². The molecule has 1 amide bonds. The van der Waals surface area contributed by atoms with Gasteiger partial charge in [-0.15, -0.1) is 0 Å². The number of aryl methyl sites for hydroxylation is 1. The zero-order chi connectivity index (χ0) is 15.7. The quantitative estimate of drug-likeness (QED) is 0.729. The molecule has 0 aliphatic heterocycles. The Morgan fingerprint density at radius 1 is 1.43 bits per heavy atom. The van der Waals surface area contributed by atoms with Gasteiger partial charge in [0.05, 0.1) is 0 Å². The Morgan fingerprint density at radius 2 is 2.19 bits per heavy atom. The van der Waals surface area contributed by atoms with Crippen LogP contribution in [-0.2, 0) is 16.0 Å². The Labute approximate surface area is 129 Å². The maximum absolute atomic E-state index is 11.7. The average Bonchev–Trinajstić information content (AvgIpc) is 2.49. The number of carboxylic acid groups (broad SMARTS) is 1. The predicted octanol–water partition coefficient (Wildman–Crippen LogP) is 1.95. The standard InChI is InChI=1S/C15H21NO4S/c1-3-11-5-4-6-12(9-11)20-10-14(17)16-13(15(18)19)7-8-21-2/h4-6,9,13H,3,7-8,10H2,1-2H3,(H,16,17)(H,18,19)/t13-/m0/s1. The summed E-state index contributed by atoms with van der Waals surface area (Å²) >= 11 is 1.54. The molecule has 116 valence electrons. The molecule has 1 atom stereocenters. The van der Waals surface area contributed by atoms with E-state index in [1.807, 2.05) is 31.4 Å². The van der Waals surface area contributed by atoms with Gasteiger partial charge in [0.15, 0.2) is 6.61 Å². The van der Waals surface area contributed by atoms with E-state index in [1.54, 1.807) is 17.8 Å². The fraction of sp³-hybridized carbons (Fsp3) is 0.467. The van der Waals surface area contributed by atoms with Crippen LogP contribution in [0.25, 0.3) is 0 Å². The van der Waals surface area contributed by atoms with Crippen molar-refractivity contribution >= 4 is 23.6 Å². The normalized spacial score (nSPS) is 11.7. The summed E-state index contributed by atoms with van der Waals surface area (Å²) in [6.45, 7) is 1.85. The van der Waals surface area contributed by atoms with Crippen molar-refractivity contribution in [2.24, 2.45) is 0 Å². The lowest BCUT2D eigenvalue weighted by Crippen LogP contribution is -2.43. The lowest BCUT2D eigenvalue weighted by molar-refractivity contribution is -0.142. The van der Waals surface area contributed by atoms with Gasteiger partial charge in [0.2, 0.25) is 0 Å². The molecular formula is C15H21NO4S. The summed E-state index contributed by atoms with van der Waals surface area (Å²) in [5.74, 6) is -0.160. The Balaban J connectivity index is 2.46. The van der Waals surface area contributed by atoms with Crippen molar-refractivity contribution in [1.82, 2.24) is 5.32 Å². The number of nitrogens with one attached hydrogen (secondary N) is 1. The van der Waals surface area contributed by atoms with Crippen molar-refractivity contribution in [2.75, 3.05) is 18.6 Å². The second-order valence-electron chi connectivity index (χ2n) is 4.53. The summed E-state index contributed by atoms with van der Waals surface area (Å²) < 4.78 is 5.39. The first kappa shape index (κ1) is 17.4. The number of rotatable bonds is 9. The number of benzene rings is 1. The monoisotopic (exact) mass is 311 g/mol. The molecular weight excluding hydrogens is 290 g/mol. The molecule has 21 heavy (non-hydrogen) atoms. The maximum Gasteiger partial charge on any atom is 0.326 e. The van der Waals surface area contributed by atoms with E-state index in [0.717, 1.165) is 12.0 Å². The van der Waals surface area contributed by atoms with Crippen LogP contribution in [0.5, 0.6) is 5.75 Å². The largest absolute Gasteiger partial charge is 0.484 e. The minimum Gasteiger partial charge on any atom is -0.484 e. The number of ether oxygens (including phenoxy) is 1. The van der Waals surface area contributed by atoms with E-state index in [0.29, 0.717) is 17.9 Å². The predicted molar refractivity (Wildman–Crippen MR) is 83.9 cm³/mol. The molecule has 0 unspecified atom stereocenters. The van der Waals surface area contributed by atoms with E-state index in [9.17, 15) is 9.59 Å². The van der Waals surface area contributed by atoms with Crippen LogP contribution in [-0.4, -0.2) is 41.6 Å². The van der Waals surface area contributed by atoms with E-state index < -0.39 is 17.9 Å². The molecule has 6 heteroatoms. The van der Waals surface area contributed by atoms with Crippen molar-refractivity contribution in [3.05, 3.63) is 29.8 Å². The van der Waals surface area contributed by atoms with Gasteiger partial charge in [-0.05, 0) is 42.5 Å². The van der Waals surface area contributed by atoms with Crippen LogP contribution < -0.4 is 10.1 Å². The summed E-state index contributed by atoms with van der Waals surface area (Å²) in [5.41, 5.74) is 1.12. The third-order valence-corrected chi connectivity index (χ3v) is 3.56. The van der Waals surface area contributed by atoms with E-state index in [4.69, 9.17) is 9.84 Å². The molecule has 1 aromatic carbocycles. The van der Waals surface area contributed by atoms with Gasteiger partial charge in [0, 0.05) is 0 Å². The minimum absolute atomic E-state index is 0.184. The fourth-order valence-corrected chi connectivity index (χ4v) is 2.20. The molecule has 0 heterocycles. The van der Waals surface area contributed by atoms with Crippen LogP contribution in [0, 0.1) is 0 Å². The smallest absolute Gasteiger partial charge is 0.326 e. The summed E-state index contributed by atoms with van der Waals surface area (Å²) in [6, 6.07) is 6.63. The number of amides is 1. The van der Waals surface area contributed by atoms with Crippen molar-refractivity contribution < 1.29 is 19.4 Å². The Hall–Kier alpha value is -1.69. The molecule has 0 fully saturated rings. The summed E-state index contributed by atoms with van der Waals surface area (Å²) in [5, 5.41) is 11.5. The molecule has 0 bridgehead atoms. The Morgan fingerprint density at radius 3 is 2.81 bits per heavy atom. The highest BCUT2D eigenvalue weighted by Crippen LogP contribution is 2.13. The second-order valence-corrected chi connectivity index (χ2v) is 5.52. The molecule has 0 saturated carbocycles. The molecule has 1 aromatic rings. The molecule has 0 saturated heterocycles. The highest BCUT2D eigenvalue weighted by molar-refractivity contribution is 7.98. The Bertz CT molecular complexity index is 478. The van der Waals surface area contributed by atoms with Crippen molar-refractivity contribution in [3.8, 4) is 5.75 Å². The molecule has 5 nitrogen and oxygen atoms in total. The number of thioether (sulfide) groups is 1. The number of carbonyl (C=O) groups excluding carboxylic acids is 1. The van der Waals surface area contributed by atoms with Gasteiger partial charge < -0.3 is 15.2 Å². The fourth-order valence-electron chi connectivity index (χ4n) is 1.73. The number of carboxylic acids is 1. The Kier molecular flexibility index (Phi) is 7.68. The van der Waals surface area contributed by atoms with Crippen molar-refractivity contribution in [1.29, 1.82) is 0 Å². The van der Waals surface area contributed by atoms with Gasteiger partial charge >= 0.3 is 5.97 Å². The summed E-state index contributed by atoms with van der Waals surface area (Å²) in [6.07, 6.45) is 3.18. The number of hydrogen-bond donors (Lipinski definition) is 2. The van der Waals surface area contributed by atoms with Crippen LogP contribution >= 0.6 is 11.8 Å². The van der Waals surface area contributed by atoms with E-state index in [-0.39, 0.29) is 6.61 Å². The zero-order valence-electron chi connectivity index (χ0n) is 12.3. The van der Waals surface area contributed by atoms with E-state index >= 15 is 0 Å². The van der Waals surface area contributed by atoms with Gasteiger partial charge in [-0.25, -0.2) is 4.79 Å². The minimum atomic E-state index is -1.02. The molecule has 0 aliphatic carbocycles. The molecule has 0 radical (unpaired) electrons. The van der Waals surface area contributed by atoms with Gasteiger partial charge in [0.25, 0.3) is 5.91 Å². The third kappa shape index (κ3) is 6.53. The number of aliphatic carboxylic acids is 1. The first-order valence-corrected chi connectivity index (χ1v) is 8.19. The van der Waals surface area contributed by atoms with Crippen molar-refractivity contribution in [3.63, 3.8) is 0 Å². The molecule has 0 spiro atoms. The molecule has 0 aromatic heterocycles. The highest BCUT2D eigenvalue weighted by atomic mass is 32.2. The maximum atomic E-state index is 11.7. The SMILES string of the molecule is CCc1cccc(OCC(=O)N[C@@H](CCSC)C(=O)O)c1. The molecule has 1 rings (SSSR count). The molecule has 2 N–H and O–H groups in total. The third-order valence-electron chi connectivity index (χ3n) is 2.92. The van der Waals surface area contributed by atoms with Gasteiger partial charge in [-0.2, -0.15) is 11.8 Å². The van der Waals surface area contributed by atoms with Crippen LogP contribution in [0.1, 0.15) is 18.9 Å². The van der Waals surface area contributed by atoms with Gasteiger partial charge in [-0.1, -0.05) is 19.1 Å². The van der Waals surface area contributed by atoms with Crippen LogP contribution in [0.15, 0.2) is 24.3 Å². The lowest BCUT2D eigenvalue weighted by Gasteiger charge is -2.14. The zero-order valence-corrected chi connectivity index (χ0v) is 13.1. The number of carbonyl (C=O) groups is 2. The van der Waals surface area contributed by atoms with Gasteiger partial charge in [-0.3, -0.25) is 4.79 Å². The van der Waals surface area contributed by atoms with Crippen molar-refractivity contribution in [2.45, 2.75) is 25.8 Å². The highest BCUT2D eigenvalue weighted by Gasteiger charge is 2.19. The van der Waals surface area contributed by atoms with Gasteiger partial charge in [0.1, 0.15) is 11.8 Å². The topological polar surface area (TPSA) is 75.6 Å². The number of hydrogen-bond acceptors (Lipinski definition) is 4. The summed E-state index contributed by atoms with van der Waals surface area (Å²) in [4.78, 5) is 22.8. The van der Waals surface area contributed by atoms with E-state index in [2.05, 4.69) is 5.32 Å². The van der Waals surface area contributed by atoms with Crippen LogP contribution in [0.4, 0.5) is 0 Å². The van der Waals surface area contributed by atoms with Crippen LogP contribution in [0.3, 0.4) is 0 Å². The average molecular weight is 311 g/mol. The molecule has 0 aliphatic rings. The first-order chi connectivity index (χ1) is 10.1. The summed E-state index contributed by atoms with van der Waals surface area (Å²) in [7, 11) is 0. The second kappa shape index (κ2) is 9.28. The lowest BCUT2D eigenvalue weighted by atomic mass is 10.2. The van der Waals surface area contributed by atoms with Crippen LogP contribution in [0.2, 0.25) is 0 Å². The first-order valence-electron chi connectivity index (χ1n) is 6.79.